The Morgan fingerprint density at radius 1 is 1.21 bits per heavy atom. The molecule has 1 N–H and O–H groups in total. The van der Waals surface area contributed by atoms with Crippen LogP contribution >= 0.6 is 27.3 Å². The molecule has 0 radical (unpaired) electrons. The zero-order chi connectivity index (χ0) is 23.3. The van der Waals surface area contributed by atoms with E-state index in [2.05, 4.69) is 26.2 Å². The van der Waals surface area contributed by atoms with Crippen LogP contribution in [0.5, 0.6) is 0 Å². The highest BCUT2D eigenvalue weighted by molar-refractivity contribution is 9.10. The maximum absolute atomic E-state index is 13.8. The topological polar surface area (TPSA) is 89.8 Å². The van der Waals surface area contributed by atoms with E-state index in [1.54, 1.807) is 19.9 Å². The summed E-state index contributed by atoms with van der Waals surface area (Å²) in [6, 6.07) is 14.0. The molecule has 1 amide bonds. The minimum atomic E-state index is -0.706. The zero-order valence-corrected chi connectivity index (χ0v) is 20.1. The Hall–Kier alpha value is -3.30. The fourth-order valence-electron chi connectivity index (χ4n) is 4.16. The lowest BCUT2D eigenvalue weighted by Crippen LogP contribution is -2.40. The molecular formula is C24H18BrN3O4S. The molecule has 1 atom stereocenters. The van der Waals surface area contributed by atoms with Crippen molar-refractivity contribution in [2.45, 2.75) is 19.9 Å². The highest BCUT2D eigenvalue weighted by Gasteiger charge is 2.35. The first-order chi connectivity index (χ1) is 15.9. The summed E-state index contributed by atoms with van der Waals surface area (Å²) >= 11 is 4.58. The van der Waals surface area contributed by atoms with Gasteiger partial charge in [0.05, 0.1) is 29.5 Å². The van der Waals surface area contributed by atoms with E-state index in [1.165, 1.54) is 4.57 Å². The number of benzene rings is 2. The van der Waals surface area contributed by atoms with Crippen molar-refractivity contribution in [1.29, 1.82) is 0 Å². The number of anilines is 1. The number of aromatic nitrogens is 1. The lowest BCUT2D eigenvalue weighted by molar-refractivity contribution is -0.139. The van der Waals surface area contributed by atoms with Gasteiger partial charge in [0.1, 0.15) is 4.53 Å². The van der Waals surface area contributed by atoms with Crippen LogP contribution in [0.1, 0.15) is 31.0 Å². The number of nitrogens with one attached hydrogen (secondary N) is 1. The van der Waals surface area contributed by atoms with Crippen molar-refractivity contribution in [3.63, 3.8) is 0 Å². The number of nitrogens with zero attached hydrogens (tertiary/aromatic N) is 2. The van der Waals surface area contributed by atoms with Crippen LogP contribution in [0.4, 0.5) is 5.69 Å². The van der Waals surface area contributed by atoms with Gasteiger partial charge >= 0.3 is 5.97 Å². The molecule has 0 spiro atoms. The molecule has 2 aromatic carbocycles. The van der Waals surface area contributed by atoms with Crippen molar-refractivity contribution in [2.24, 2.45) is 4.99 Å². The van der Waals surface area contributed by atoms with Crippen molar-refractivity contribution in [1.82, 2.24) is 4.57 Å². The van der Waals surface area contributed by atoms with Gasteiger partial charge < -0.3 is 10.1 Å². The summed E-state index contributed by atoms with van der Waals surface area (Å²) in [7, 11) is 0. The van der Waals surface area contributed by atoms with Gasteiger partial charge in [0.25, 0.3) is 11.5 Å². The largest absolute Gasteiger partial charge is 0.463 e. The SMILES string of the molecule is CCOC(=O)C1=C(C)N=c2s/c(=C3\C(=O)Nc4ccc(Br)cc43)c(=O)n2[C@H]1c1ccccc1. The number of thiazole rings is 1. The van der Waals surface area contributed by atoms with E-state index in [1.807, 2.05) is 42.5 Å². The van der Waals surface area contributed by atoms with Gasteiger partial charge in [-0.3, -0.25) is 14.2 Å². The summed E-state index contributed by atoms with van der Waals surface area (Å²) in [5.74, 6) is -0.857. The van der Waals surface area contributed by atoms with Crippen LogP contribution < -0.4 is 20.2 Å². The first kappa shape index (κ1) is 21.5. The second-order valence-corrected chi connectivity index (χ2v) is 9.45. The van der Waals surface area contributed by atoms with Gasteiger partial charge in [0.15, 0.2) is 4.80 Å². The summed E-state index contributed by atoms with van der Waals surface area (Å²) in [4.78, 5) is 44.5. The minimum Gasteiger partial charge on any atom is -0.463 e. The summed E-state index contributed by atoms with van der Waals surface area (Å²) in [6.07, 6.45) is 0. The highest BCUT2D eigenvalue weighted by atomic mass is 79.9. The van der Waals surface area contributed by atoms with Crippen LogP contribution in [0.25, 0.3) is 5.57 Å². The Morgan fingerprint density at radius 2 is 1.97 bits per heavy atom. The molecule has 0 bridgehead atoms. The van der Waals surface area contributed by atoms with E-state index in [9.17, 15) is 14.4 Å². The van der Waals surface area contributed by atoms with Crippen LogP contribution in [0.15, 0.2) is 74.1 Å². The van der Waals surface area contributed by atoms with Crippen LogP contribution in [-0.4, -0.2) is 23.1 Å². The Morgan fingerprint density at radius 3 is 2.70 bits per heavy atom. The Balaban J connectivity index is 1.83. The zero-order valence-electron chi connectivity index (χ0n) is 17.7. The molecule has 0 saturated carbocycles. The van der Waals surface area contributed by atoms with Gasteiger partial charge in [-0.25, -0.2) is 9.79 Å². The fourth-order valence-corrected chi connectivity index (χ4v) is 5.66. The van der Waals surface area contributed by atoms with Gasteiger partial charge in [-0.2, -0.15) is 0 Å². The van der Waals surface area contributed by atoms with E-state index in [4.69, 9.17) is 4.74 Å². The number of rotatable bonds is 3. The van der Waals surface area contributed by atoms with Crippen molar-refractivity contribution < 1.29 is 14.3 Å². The van der Waals surface area contributed by atoms with Gasteiger partial charge in [-0.15, -0.1) is 0 Å². The molecule has 2 aliphatic heterocycles. The second kappa shape index (κ2) is 8.24. The highest BCUT2D eigenvalue weighted by Crippen LogP contribution is 2.33. The molecule has 1 aromatic heterocycles. The molecule has 0 fully saturated rings. The molecule has 3 aromatic rings. The van der Waals surface area contributed by atoms with Crippen LogP contribution in [0, 0.1) is 0 Å². The summed E-state index contributed by atoms with van der Waals surface area (Å²) < 4.78 is 7.87. The molecule has 0 unspecified atom stereocenters. The van der Waals surface area contributed by atoms with Crippen molar-refractivity contribution >= 4 is 50.4 Å². The molecule has 3 heterocycles. The van der Waals surface area contributed by atoms with Crippen LogP contribution in [-0.2, 0) is 14.3 Å². The molecule has 33 heavy (non-hydrogen) atoms. The van der Waals surface area contributed by atoms with E-state index in [-0.39, 0.29) is 22.6 Å². The first-order valence-electron chi connectivity index (χ1n) is 10.3. The number of carbonyl (C=O) groups excluding carboxylic acids is 2. The summed E-state index contributed by atoms with van der Waals surface area (Å²) in [5.41, 5.74) is 2.78. The quantitative estimate of drug-likeness (QED) is 0.534. The average molecular weight is 524 g/mol. The van der Waals surface area contributed by atoms with Gasteiger partial charge in [-0.05, 0) is 37.6 Å². The van der Waals surface area contributed by atoms with Gasteiger partial charge in [-0.1, -0.05) is 57.6 Å². The molecular weight excluding hydrogens is 506 g/mol. The third-order valence-electron chi connectivity index (χ3n) is 5.56. The third-order valence-corrected chi connectivity index (χ3v) is 7.11. The maximum atomic E-state index is 13.8. The predicted molar refractivity (Wildman–Crippen MR) is 129 cm³/mol. The molecule has 166 valence electrons. The molecule has 0 aliphatic carbocycles. The number of halogens is 1. The summed E-state index contributed by atoms with van der Waals surface area (Å²) in [5, 5.41) is 2.82. The predicted octanol–water partition coefficient (Wildman–Crippen LogP) is 2.88. The Labute approximate surface area is 200 Å². The van der Waals surface area contributed by atoms with E-state index < -0.39 is 12.0 Å². The molecule has 9 heteroatoms. The van der Waals surface area contributed by atoms with Crippen LogP contribution in [0.3, 0.4) is 0 Å². The second-order valence-electron chi connectivity index (χ2n) is 7.55. The lowest BCUT2D eigenvalue weighted by atomic mass is 9.96. The van der Waals surface area contributed by atoms with Crippen molar-refractivity contribution in [3.8, 4) is 0 Å². The first-order valence-corrected chi connectivity index (χ1v) is 11.9. The van der Waals surface area contributed by atoms with E-state index >= 15 is 0 Å². The fraction of sp³-hybridized carbons (Fsp3) is 0.167. The number of allylic oxidation sites excluding steroid dienone is 1. The van der Waals surface area contributed by atoms with Crippen molar-refractivity contribution in [3.05, 3.63) is 95.1 Å². The number of fused-ring (bicyclic) bond motifs is 2. The number of ether oxygens (including phenoxy) is 1. The smallest absolute Gasteiger partial charge is 0.338 e. The summed E-state index contributed by atoms with van der Waals surface area (Å²) in [6.45, 7) is 3.67. The monoisotopic (exact) mass is 523 g/mol. The van der Waals surface area contributed by atoms with Crippen molar-refractivity contribution in [2.75, 3.05) is 11.9 Å². The number of hydrogen-bond donors (Lipinski definition) is 1. The number of esters is 1. The number of amides is 1. The standard InChI is InChI=1S/C24H18BrN3O4S/c1-3-32-23(31)17-12(2)26-24-28(19(17)13-7-5-4-6-8-13)22(30)20(33-24)18-15-11-14(25)9-10-16(15)27-21(18)29/h4-11,19H,3H2,1-2H3,(H,27,29)/b20-18-/t19-/m0/s1. The van der Waals surface area contributed by atoms with E-state index in [0.717, 1.165) is 21.4 Å². The maximum Gasteiger partial charge on any atom is 0.338 e. The minimum absolute atomic E-state index is 0.206. The number of hydrogen-bond acceptors (Lipinski definition) is 6. The average Bonchev–Trinajstić information content (AvgIpc) is 3.28. The van der Waals surface area contributed by atoms with E-state index in [0.29, 0.717) is 32.9 Å². The van der Waals surface area contributed by atoms with Crippen LogP contribution in [0.2, 0.25) is 0 Å². The molecule has 5 rings (SSSR count). The normalized spacial score (nSPS) is 18.4. The molecule has 2 aliphatic rings. The molecule has 7 nitrogen and oxygen atoms in total. The third kappa shape index (κ3) is 3.48. The Kier molecular flexibility index (Phi) is 5.38. The Bertz CT molecular complexity index is 1540. The molecule has 0 saturated heterocycles. The number of carbonyl (C=O) groups is 2. The lowest BCUT2D eigenvalue weighted by Gasteiger charge is -2.24. The van der Waals surface area contributed by atoms with Gasteiger partial charge in [0.2, 0.25) is 0 Å². The van der Waals surface area contributed by atoms with Gasteiger partial charge in [0, 0.05) is 15.7 Å².